The highest BCUT2D eigenvalue weighted by atomic mass is 32.1. The molecule has 1 aromatic rings. The molecule has 0 aliphatic rings. The molecule has 0 amide bonds. The topological polar surface area (TPSA) is 17.1 Å². The average Bonchev–Trinajstić information content (AvgIpc) is 2.39. The minimum atomic E-state index is -3.67. The average molecular weight is 194 g/mol. The van der Waals surface area contributed by atoms with E-state index in [1.807, 2.05) is 17.5 Å². The summed E-state index contributed by atoms with van der Waals surface area (Å²) in [6, 6.07) is 3.77. The first-order valence-electron chi connectivity index (χ1n) is 2.83. The van der Waals surface area contributed by atoms with Crippen LogP contribution >= 0.6 is 11.3 Å². The second kappa shape index (κ2) is 6.64. The summed E-state index contributed by atoms with van der Waals surface area (Å²) >= 11 is 1.53. The van der Waals surface area contributed by atoms with Crippen LogP contribution in [-0.4, -0.2) is 12.6 Å². The molecule has 0 atom stereocenters. The summed E-state index contributed by atoms with van der Waals surface area (Å²) in [5.74, 6) is 1.71. The van der Waals surface area contributed by atoms with Gasteiger partial charge in [-0.3, -0.25) is 0 Å². The van der Waals surface area contributed by atoms with Gasteiger partial charge < -0.3 is 0 Å². The van der Waals surface area contributed by atoms with E-state index in [2.05, 4.69) is 0 Å². The predicted molar refractivity (Wildman–Crippen MR) is 41.6 cm³/mol. The lowest BCUT2D eigenvalue weighted by atomic mass is 10.5. The van der Waals surface area contributed by atoms with Crippen LogP contribution in [0.1, 0.15) is 4.88 Å². The summed E-state index contributed by atoms with van der Waals surface area (Å²) in [6.45, 7) is -3.67. The van der Waals surface area contributed by atoms with Crippen molar-refractivity contribution in [3.8, 4) is 0 Å². The maximum atomic E-state index is 9.70. The van der Waals surface area contributed by atoms with Gasteiger partial charge in [0.2, 0.25) is 0 Å². The van der Waals surface area contributed by atoms with Crippen molar-refractivity contribution in [2.75, 3.05) is 0 Å². The highest BCUT2D eigenvalue weighted by molar-refractivity contribution is 7.10. The van der Waals surface area contributed by atoms with E-state index in [0.29, 0.717) is 0 Å². The molecule has 0 fully saturated rings. The summed E-state index contributed by atoms with van der Waals surface area (Å²) in [7, 11) is 0. The van der Waals surface area contributed by atoms with E-state index in [0.717, 1.165) is 4.88 Å². The van der Waals surface area contributed by atoms with Crippen molar-refractivity contribution < 1.29 is 18.0 Å². The quantitative estimate of drug-likeness (QED) is 0.628. The van der Waals surface area contributed by atoms with Crippen LogP contribution in [0.25, 0.3) is 6.08 Å². The lowest BCUT2D eigenvalue weighted by Crippen LogP contribution is -1.65. The van der Waals surface area contributed by atoms with Crippen LogP contribution in [0.2, 0.25) is 0 Å². The molecule has 1 rings (SSSR count). The van der Waals surface area contributed by atoms with Gasteiger partial charge in [0.05, 0.1) is 0 Å². The first-order chi connectivity index (χ1) is 5.66. The Kier molecular flexibility index (Phi) is 6.05. The molecule has 1 nitrogen and oxygen atoms in total. The molecule has 0 aliphatic heterocycles. The molecule has 0 N–H and O–H groups in total. The Labute approximate surface area is 71.1 Å². The molecule has 0 radical (unpaired) electrons. The van der Waals surface area contributed by atoms with E-state index in [9.17, 15) is 18.0 Å². The predicted octanol–water partition coefficient (Wildman–Crippen LogP) is 2.77. The molecular weight excluding hydrogens is 189 g/mol. The van der Waals surface area contributed by atoms with Gasteiger partial charge >= 0.3 is 6.68 Å². The maximum Gasteiger partial charge on any atom is 0.379 e. The summed E-state index contributed by atoms with van der Waals surface area (Å²) in [5.41, 5.74) is 0. The number of alkyl halides is 3. The molecule has 0 bridgehead atoms. The zero-order valence-corrected chi connectivity index (χ0v) is 6.65. The smallest absolute Gasteiger partial charge is 0.233 e. The van der Waals surface area contributed by atoms with Gasteiger partial charge in [-0.25, -0.2) is 4.79 Å². The molecule has 0 aliphatic carbocycles. The summed E-state index contributed by atoms with van der Waals surface area (Å²) in [5, 5.41) is 1.92. The molecule has 1 heterocycles. The van der Waals surface area contributed by atoms with Crippen molar-refractivity contribution in [2.45, 2.75) is 6.68 Å². The van der Waals surface area contributed by atoms with Gasteiger partial charge in [0.1, 0.15) is 5.94 Å². The number of carbonyl (C=O) groups excluding carboxylic acids is 1. The molecule has 1 aromatic heterocycles. The molecule has 5 heteroatoms. The van der Waals surface area contributed by atoms with Crippen LogP contribution < -0.4 is 0 Å². The second-order valence-corrected chi connectivity index (χ2v) is 2.50. The summed E-state index contributed by atoms with van der Waals surface area (Å²) in [4.78, 5) is 10.7. The first kappa shape index (κ1) is 10.9. The molecule has 0 saturated heterocycles. The Hall–Kier alpha value is -1.06. The maximum absolute atomic E-state index is 9.70. The Morgan fingerprint density at radius 1 is 1.50 bits per heavy atom. The molecule has 0 unspecified atom stereocenters. The van der Waals surface area contributed by atoms with Crippen LogP contribution in [0.15, 0.2) is 17.5 Å². The zero-order valence-electron chi connectivity index (χ0n) is 5.84. The van der Waals surface area contributed by atoms with Crippen molar-refractivity contribution in [3.63, 3.8) is 0 Å². The SMILES string of the molecule is FC(F)F.O=C=Cc1cccs1. The number of hydrogen-bond donors (Lipinski definition) is 0. The Bertz CT molecular complexity index is 236. The minimum absolute atomic E-state index is 0.958. The molecule has 0 saturated carbocycles. The van der Waals surface area contributed by atoms with Crippen molar-refractivity contribution in [1.29, 1.82) is 0 Å². The van der Waals surface area contributed by atoms with E-state index < -0.39 is 6.68 Å². The van der Waals surface area contributed by atoms with Gasteiger partial charge in [-0.2, -0.15) is 13.2 Å². The molecule has 66 valence electrons. The lowest BCUT2D eigenvalue weighted by Gasteiger charge is -1.69. The van der Waals surface area contributed by atoms with Crippen molar-refractivity contribution >= 4 is 23.4 Å². The van der Waals surface area contributed by atoms with Crippen LogP contribution in [0.5, 0.6) is 0 Å². The van der Waals surface area contributed by atoms with Crippen LogP contribution in [0, 0.1) is 0 Å². The summed E-state index contributed by atoms with van der Waals surface area (Å²) in [6.07, 6.45) is 1.42. The third-order valence-electron chi connectivity index (χ3n) is 0.744. The largest absolute Gasteiger partial charge is 0.379 e. The van der Waals surface area contributed by atoms with Crippen molar-refractivity contribution in [1.82, 2.24) is 0 Å². The van der Waals surface area contributed by atoms with Crippen molar-refractivity contribution in [2.24, 2.45) is 0 Å². The van der Waals surface area contributed by atoms with E-state index in [4.69, 9.17) is 0 Å². The number of thiophene rings is 1. The number of hydrogen-bond acceptors (Lipinski definition) is 2. The van der Waals surface area contributed by atoms with E-state index in [1.54, 1.807) is 5.94 Å². The molecule has 0 spiro atoms. The van der Waals surface area contributed by atoms with Crippen LogP contribution in [-0.2, 0) is 4.79 Å². The van der Waals surface area contributed by atoms with Crippen LogP contribution in [0.3, 0.4) is 0 Å². The fourth-order valence-corrected chi connectivity index (χ4v) is 1.02. The fraction of sp³-hybridized carbons (Fsp3) is 0.143. The highest BCUT2D eigenvalue weighted by Crippen LogP contribution is 2.07. The van der Waals surface area contributed by atoms with E-state index in [1.165, 1.54) is 17.4 Å². The van der Waals surface area contributed by atoms with E-state index in [-0.39, 0.29) is 0 Å². The van der Waals surface area contributed by atoms with Gasteiger partial charge in [0.15, 0.2) is 0 Å². The van der Waals surface area contributed by atoms with Crippen molar-refractivity contribution in [3.05, 3.63) is 22.4 Å². The Morgan fingerprint density at radius 2 is 2.08 bits per heavy atom. The normalized spacial score (nSPS) is 8.33. The first-order valence-corrected chi connectivity index (χ1v) is 3.71. The van der Waals surface area contributed by atoms with Gasteiger partial charge in [-0.1, -0.05) is 6.07 Å². The number of rotatable bonds is 1. The highest BCUT2D eigenvalue weighted by Gasteiger charge is 1.86. The fourth-order valence-electron chi connectivity index (χ4n) is 0.431. The Morgan fingerprint density at radius 3 is 2.42 bits per heavy atom. The van der Waals surface area contributed by atoms with Gasteiger partial charge in [0.25, 0.3) is 0 Å². The Balaban J connectivity index is 0.000000261. The third kappa shape index (κ3) is 7.05. The number of halogens is 3. The standard InChI is InChI=1S/C6H4OS.CHF3/c7-4-3-6-2-1-5-8-6;2-1(3)4/h1-3,5H;1H. The monoisotopic (exact) mass is 194 g/mol. The van der Waals surface area contributed by atoms with Gasteiger partial charge in [-0.05, 0) is 11.4 Å². The van der Waals surface area contributed by atoms with Gasteiger partial charge in [-0.15, -0.1) is 11.3 Å². The van der Waals surface area contributed by atoms with Crippen LogP contribution in [0.4, 0.5) is 13.2 Å². The lowest BCUT2D eigenvalue weighted by molar-refractivity contribution is 0.00819. The second-order valence-electron chi connectivity index (χ2n) is 1.53. The van der Waals surface area contributed by atoms with Gasteiger partial charge in [0, 0.05) is 11.0 Å². The van der Waals surface area contributed by atoms with E-state index >= 15 is 0 Å². The molecule has 12 heavy (non-hydrogen) atoms. The molecular formula is C7H5F3OS. The zero-order chi connectivity index (χ0) is 9.40. The summed E-state index contributed by atoms with van der Waals surface area (Å²) < 4.78 is 29.0. The third-order valence-corrected chi connectivity index (χ3v) is 1.56. The minimum Gasteiger partial charge on any atom is -0.233 e. The molecule has 0 aromatic carbocycles.